The van der Waals surface area contributed by atoms with Crippen LogP contribution in [0.25, 0.3) is 22.2 Å². The molecule has 0 saturated heterocycles. The fraction of sp³-hybridized carbons (Fsp3) is 0. The Morgan fingerprint density at radius 2 is 1.86 bits per heavy atom. The number of hydrogen-bond donors (Lipinski definition) is 2. The predicted molar refractivity (Wildman–Crippen MR) is 75.9 cm³/mol. The average molecular weight is 283 g/mol. The van der Waals surface area contributed by atoms with E-state index in [-0.39, 0.29) is 28.0 Å². The van der Waals surface area contributed by atoms with E-state index in [1.165, 1.54) is 24.3 Å². The van der Waals surface area contributed by atoms with Crippen molar-refractivity contribution in [2.45, 2.75) is 0 Å². The quantitative estimate of drug-likeness (QED) is 0.559. The largest absolute Gasteiger partial charge is 0.504 e. The second kappa shape index (κ2) is 4.86. The lowest BCUT2D eigenvalue weighted by Gasteiger charge is -2.09. The first-order valence-corrected chi connectivity index (χ1v) is 6.17. The van der Waals surface area contributed by atoms with Crippen LogP contribution in [0.2, 0.25) is 0 Å². The molecule has 0 fully saturated rings. The van der Waals surface area contributed by atoms with Crippen molar-refractivity contribution in [2.75, 3.05) is 0 Å². The lowest BCUT2D eigenvalue weighted by Crippen LogP contribution is -1.94. The predicted octanol–water partition coefficient (Wildman–Crippen LogP) is 3.26. The number of carbonyl (C=O) groups is 1. The molecule has 0 atom stereocenters. The van der Waals surface area contributed by atoms with Gasteiger partial charge in [-0.05, 0) is 30.3 Å². The highest BCUT2D eigenvalue weighted by molar-refractivity contribution is 6.02. The third-order valence-corrected chi connectivity index (χ3v) is 3.23. The van der Waals surface area contributed by atoms with Gasteiger partial charge in [-0.3, -0.25) is 4.79 Å². The monoisotopic (exact) mass is 283 g/mol. The summed E-state index contributed by atoms with van der Waals surface area (Å²) in [5.41, 5.74) is 0.975. The van der Waals surface area contributed by atoms with Gasteiger partial charge in [0.1, 0.15) is 5.82 Å². The van der Waals surface area contributed by atoms with Crippen LogP contribution in [0.3, 0.4) is 0 Å². The Morgan fingerprint density at radius 1 is 1.10 bits per heavy atom. The van der Waals surface area contributed by atoms with Crippen LogP contribution in [0.5, 0.6) is 11.5 Å². The number of pyridine rings is 1. The summed E-state index contributed by atoms with van der Waals surface area (Å²) in [5.74, 6) is -1.21. The SMILES string of the molecule is O=Cc1cc(-c2ccccc2F)nc2ccc(O)c(O)c12. The third kappa shape index (κ3) is 2.08. The van der Waals surface area contributed by atoms with Gasteiger partial charge in [0.2, 0.25) is 0 Å². The summed E-state index contributed by atoms with van der Waals surface area (Å²) in [6, 6.07) is 10.2. The van der Waals surface area contributed by atoms with Crippen molar-refractivity contribution in [1.82, 2.24) is 4.98 Å². The third-order valence-electron chi connectivity index (χ3n) is 3.23. The van der Waals surface area contributed by atoms with Gasteiger partial charge in [-0.25, -0.2) is 9.37 Å². The molecule has 5 heteroatoms. The summed E-state index contributed by atoms with van der Waals surface area (Å²) in [6.07, 6.45) is 0.535. The molecular weight excluding hydrogens is 273 g/mol. The van der Waals surface area contributed by atoms with Crippen molar-refractivity contribution in [3.63, 3.8) is 0 Å². The molecule has 1 heterocycles. The van der Waals surface area contributed by atoms with Gasteiger partial charge in [-0.2, -0.15) is 0 Å². The van der Waals surface area contributed by atoms with Crippen LogP contribution in [-0.2, 0) is 0 Å². The van der Waals surface area contributed by atoms with E-state index >= 15 is 0 Å². The number of hydrogen-bond acceptors (Lipinski definition) is 4. The molecule has 0 spiro atoms. The smallest absolute Gasteiger partial charge is 0.167 e. The highest BCUT2D eigenvalue weighted by Crippen LogP contribution is 2.36. The highest BCUT2D eigenvalue weighted by Gasteiger charge is 2.14. The number of rotatable bonds is 2. The van der Waals surface area contributed by atoms with Gasteiger partial charge < -0.3 is 10.2 Å². The molecule has 2 aromatic carbocycles. The van der Waals surface area contributed by atoms with E-state index in [1.54, 1.807) is 18.2 Å². The molecule has 0 aliphatic heterocycles. The minimum Gasteiger partial charge on any atom is -0.504 e. The first-order valence-electron chi connectivity index (χ1n) is 6.17. The zero-order valence-electron chi connectivity index (χ0n) is 10.7. The van der Waals surface area contributed by atoms with E-state index < -0.39 is 11.6 Å². The Bertz CT molecular complexity index is 862. The lowest BCUT2D eigenvalue weighted by atomic mass is 10.0. The van der Waals surface area contributed by atoms with Crippen LogP contribution in [-0.4, -0.2) is 21.5 Å². The number of aromatic nitrogens is 1. The van der Waals surface area contributed by atoms with Crippen LogP contribution in [0.1, 0.15) is 10.4 Å². The molecule has 0 radical (unpaired) electrons. The zero-order valence-corrected chi connectivity index (χ0v) is 10.7. The molecule has 0 bridgehead atoms. The highest BCUT2D eigenvalue weighted by atomic mass is 19.1. The number of fused-ring (bicyclic) bond motifs is 1. The Hall–Kier alpha value is -2.95. The van der Waals surface area contributed by atoms with Gasteiger partial charge in [0.15, 0.2) is 17.8 Å². The maximum Gasteiger partial charge on any atom is 0.167 e. The summed E-state index contributed by atoms with van der Waals surface area (Å²) < 4.78 is 13.8. The molecule has 2 N–H and O–H groups in total. The number of aldehydes is 1. The first-order chi connectivity index (χ1) is 10.1. The van der Waals surface area contributed by atoms with Crippen LogP contribution in [0.4, 0.5) is 4.39 Å². The van der Waals surface area contributed by atoms with Crippen molar-refractivity contribution >= 4 is 17.2 Å². The zero-order chi connectivity index (χ0) is 15.0. The standard InChI is InChI=1S/C16H10FNO3/c17-11-4-2-1-3-10(11)13-7-9(8-19)15-12(18-13)5-6-14(20)16(15)21/h1-8,20-21H. The summed E-state index contributed by atoms with van der Waals surface area (Å²) in [4.78, 5) is 15.5. The maximum absolute atomic E-state index is 13.8. The second-order valence-corrected chi connectivity index (χ2v) is 4.52. The molecule has 0 aliphatic rings. The fourth-order valence-electron chi connectivity index (χ4n) is 2.23. The summed E-state index contributed by atoms with van der Waals surface area (Å²) >= 11 is 0. The topological polar surface area (TPSA) is 70.4 Å². The molecule has 0 amide bonds. The molecule has 104 valence electrons. The molecule has 0 aliphatic carbocycles. The van der Waals surface area contributed by atoms with E-state index in [0.717, 1.165) is 0 Å². The molecule has 3 rings (SSSR count). The number of nitrogens with zero attached hydrogens (tertiary/aromatic N) is 1. The van der Waals surface area contributed by atoms with E-state index in [0.29, 0.717) is 11.8 Å². The molecule has 21 heavy (non-hydrogen) atoms. The Balaban J connectivity index is 2.36. The van der Waals surface area contributed by atoms with E-state index in [9.17, 15) is 19.4 Å². The number of benzene rings is 2. The normalized spacial score (nSPS) is 10.7. The summed E-state index contributed by atoms with van der Waals surface area (Å²) in [5, 5.41) is 19.5. The summed E-state index contributed by atoms with van der Waals surface area (Å²) in [6.45, 7) is 0. The van der Waals surface area contributed by atoms with Crippen molar-refractivity contribution < 1.29 is 19.4 Å². The van der Waals surface area contributed by atoms with Crippen LogP contribution in [0.15, 0.2) is 42.5 Å². The number of phenols is 2. The average Bonchev–Trinajstić information content (AvgIpc) is 2.50. The van der Waals surface area contributed by atoms with Gasteiger partial charge in [-0.15, -0.1) is 0 Å². The lowest BCUT2D eigenvalue weighted by molar-refractivity contribution is 0.112. The van der Waals surface area contributed by atoms with Gasteiger partial charge in [0.05, 0.1) is 16.6 Å². The minimum absolute atomic E-state index is 0.131. The van der Waals surface area contributed by atoms with Crippen LogP contribution >= 0.6 is 0 Å². The molecule has 0 unspecified atom stereocenters. The van der Waals surface area contributed by atoms with Crippen molar-refractivity contribution in [2.24, 2.45) is 0 Å². The molecule has 4 nitrogen and oxygen atoms in total. The maximum atomic E-state index is 13.8. The Labute approximate surface area is 119 Å². The number of carbonyl (C=O) groups excluding carboxylic acids is 1. The van der Waals surface area contributed by atoms with Gasteiger partial charge in [-0.1, -0.05) is 12.1 Å². The van der Waals surface area contributed by atoms with Crippen molar-refractivity contribution in [1.29, 1.82) is 0 Å². The van der Waals surface area contributed by atoms with E-state index in [2.05, 4.69) is 4.98 Å². The van der Waals surface area contributed by atoms with E-state index in [4.69, 9.17) is 0 Å². The fourth-order valence-corrected chi connectivity index (χ4v) is 2.23. The molecule has 1 aromatic heterocycles. The molecule has 0 saturated carbocycles. The molecular formula is C16H10FNO3. The minimum atomic E-state index is -0.454. The van der Waals surface area contributed by atoms with Crippen molar-refractivity contribution in [3.8, 4) is 22.8 Å². The Morgan fingerprint density at radius 3 is 2.57 bits per heavy atom. The van der Waals surface area contributed by atoms with Crippen molar-refractivity contribution in [3.05, 3.63) is 53.8 Å². The Kier molecular flexibility index (Phi) is 3.02. The number of halogens is 1. The van der Waals surface area contributed by atoms with Gasteiger partial charge >= 0.3 is 0 Å². The van der Waals surface area contributed by atoms with Gasteiger partial charge in [0.25, 0.3) is 0 Å². The van der Waals surface area contributed by atoms with Crippen LogP contribution in [0, 0.1) is 5.82 Å². The molecule has 3 aromatic rings. The van der Waals surface area contributed by atoms with Crippen LogP contribution < -0.4 is 0 Å². The second-order valence-electron chi connectivity index (χ2n) is 4.52. The van der Waals surface area contributed by atoms with E-state index in [1.807, 2.05) is 0 Å². The van der Waals surface area contributed by atoms with Gasteiger partial charge in [0, 0.05) is 11.1 Å². The first kappa shape index (κ1) is 13.1. The summed E-state index contributed by atoms with van der Waals surface area (Å²) in [7, 11) is 0. The number of aromatic hydroxyl groups is 2. The number of phenolic OH excluding ortho intramolecular Hbond substituents is 2.